The number of amides is 2. The molecule has 1 N–H and O–H groups in total. The standard InChI is InChI=1S/C22H24N4O2/c1-2-17-15-25(22(28)21-18-10-6-7-11-19(18)23-24-21)13-12-20(27)26(17)14-16-8-4-3-5-9-16/h3-11,17H,2,12-15H2,1H3,(H,23,24). The van der Waals surface area contributed by atoms with Gasteiger partial charge in [0.2, 0.25) is 5.91 Å². The van der Waals surface area contributed by atoms with Crippen molar-refractivity contribution in [1.29, 1.82) is 0 Å². The van der Waals surface area contributed by atoms with E-state index in [1.165, 1.54) is 0 Å². The molecule has 1 fully saturated rings. The summed E-state index contributed by atoms with van der Waals surface area (Å²) in [5.74, 6) is -0.0249. The molecule has 1 aliphatic heterocycles. The van der Waals surface area contributed by atoms with Gasteiger partial charge in [0.25, 0.3) is 5.91 Å². The number of hydrogen-bond acceptors (Lipinski definition) is 3. The van der Waals surface area contributed by atoms with Crippen LogP contribution in [-0.2, 0) is 11.3 Å². The van der Waals surface area contributed by atoms with Gasteiger partial charge in [-0.05, 0) is 18.1 Å². The molecule has 0 spiro atoms. The zero-order valence-electron chi connectivity index (χ0n) is 16.0. The van der Waals surface area contributed by atoms with Gasteiger partial charge in [-0.1, -0.05) is 55.5 Å². The number of H-pyrrole nitrogens is 1. The lowest BCUT2D eigenvalue weighted by molar-refractivity contribution is -0.133. The Morgan fingerprint density at radius 2 is 1.89 bits per heavy atom. The Kier molecular flexibility index (Phi) is 5.10. The predicted molar refractivity (Wildman–Crippen MR) is 108 cm³/mol. The van der Waals surface area contributed by atoms with Crippen molar-refractivity contribution in [3.05, 3.63) is 65.9 Å². The van der Waals surface area contributed by atoms with E-state index in [0.29, 0.717) is 31.7 Å². The van der Waals surface area contributed by atoms with E-state index < -0.39 is 0 Å². The van der Waals surface area contributed by atoms with Crippen LogP contribution in [0.4, 0.5) is 0 Å². The van der Waals surface area contributed by atoms with Crippen molar-refractivity contribution in [3.8, 4) is 0 Å². The van der Waals surface area contributed by atoms with E-state index in [0.717, 1.165) is 22.9 Å². The van der Waals surface area contributed by atoms with Crippen LogP contribution in [0.25, 0.3) is 10.9 Å². The molecule has 0 aliphatic carbocycles. The second-order valence-electron chi connectivity index (χ2n) is 7.19. The average Bonchev–Trinajstić information content (AvgIpc) is 3.10. The summed E-state index contributed by atoms with van der Waals surface area (Å²) in [4.78, 5) is 29.7. The molecule has 2 aromatic carbocycles. The van der Waals surface area contributed by atoms with Crippen molar-refractivity contribution in [2.24, 2.45) is 0 Å². The first-order valence-corrected chi connectivity index (χ1v) is 9.73. The van der Waals surface area contributed by atoms with Crippen molar-refractivity contribution in [2.75, 3.05) is 13.1 Å². The summed E-state index contributed by atoms with van der Waals surface area (Å²) in [7, 11) is 0. The molecule has 4 rings (SSSR count). The molecule has 3 aromatic rings. The van der Waals surface area contributed by atoms with Gasteiger partial charge in [-0.15, -0.1) is 0 Å². The largest absolute Gasteiger partial charge is 0.335 e. The van der Waals surface area contributed by atoms with Crippen LogP contribution in [0.5, 0.6) is 0 Å². The SMILES string of the molecule is CCC1CN(C(=O)c2n[nH]c3ccccc23)CCC(=O)N1Cc1ccccc1. The molecule has 2 heterocycles. The molecule has 2 amide bonds. The van der Waals surface area contributed by atoms with Crippen molar-refractivity contribution >= 4 is 22.7 Å². The molecule has 0 radical (unpaired) electrons. The van der Waals surface area contributed by atoms with Gasteiger partial charge in [-0.3, -0.25) is 14.7 Å². The molecule has 1 saturated heterocycles. The fourth-order valence-corrected chi connectivity index (χ4v) is 3.83. The van der Waals surface area contributed by atoms with Crippen LogP contribution in [0.15, 0.2) is 54.6 Å². The molecule has 28 heavy (non-hydrogen) atoms. The normalized spacial score (nSPS) is 17.8. The smallest absolute Gasteiger partial charge is 0.275 e. The quantitative estimate of drug-likeness (QED) is 0.760. The topological polar surface area (TPSA) is 69.3 Å². The summed E-state index contributed by atoms with van der Waals surface area (Å²) < 4.78 is 0. The van der Waals surface area contributed by atoms with Gasteiger partial charge in [0.15, 0.2) is 5.69 Å². The third-order valence-electron chi connectivity index (χ3n) is 5.41. The molecule has 1 aromatic heterocycles. The minimum atomic E-state index is -0.120. The lowest BCUT2D eigenvalue weighted by Crippen LogP contribution is -2.43. The first kappa shape index (κ1) is 18.2. The van der Waals surface area contributed by atoms with E-state index in [-0.39, 0.29) is 17.9 Å². The number of fused-ring (bicyclic) bond motifs is 1. The van der Waals surface area contributed by atoms with E-state index in [1.807, 2.05) is 59.5 Å². The molecule has 0 bridgehead atoms. The van der Waals surface area contributed by atoms with Crippen molar-refractivity contribution in [1.82, 2.24) is 20.0 Å². The summed E-state index contributed by atoms with van der Waals surface area (Å²) in [6.45, 7) is 3.58. The second kappa shape index (κ2) is 7.84. The van der Waals surface area contributed by atoms with Gasteiger partial charge in [-0.2, -0.15) is 5.10 Å². The third-order valence-corrected chi connectivity index (χ3v) is 5.41. The molecule has 0 saturated carbocycles. The number of nitrogens with zero attached hydrogens (tertiary/aromatic N) is 3. The lowest BCUT2D eigenvalue weighted by atomic mass is 10.1. The number of aromatic amines is 1. The molecule has 1 unspecified atom stereocenters. The Labute approximate surface area is 164 Å². The minimum Gasteiger partial charge on any atom is -0.335 e. The number of carbonyl (C=O) groups is 2. The number of rotatable bonds is 4. The average molecular weight is 376 g/mol. The van der Waals surface area contributed by atoms with Crippen molar-refractivity contribution < 1.29 is 9.59 Å². The number of carbonyl (C=O) groups excluding carboxylic acids is 2. The number of hydrogen-bond donors (Lipinski definition) is 1. The Morgan fingerprint density at radius 1 is 1.14 bits per heavy atom. The van der Waals surface area contributed by atoms with E-state index in [1.54, 1.807) is 4.90 Å². The number of benzene rings is 2. The maximum Gasteiger partial charge on any atom is 0.275 e. The summed E-state index contributed by atoms with van der Waals surface area (Å²) >= 11 is 0. The minimum absolute atomic E-state index is 0.00985. The zero-order valence-corrected chi connectivity index (χ0v) is 16.0. The Morgan fingerprint density at radius 3 is 2.68 bits per heavy atom. The highest BCUT2D eigenvalue weighted by atomic mass is 16.2. The van der Waals surface area contributed by atoms with Crippen molar-refractivity contribution in [3.63, 3.8) is 0 Å². The molecule has 1 aliphatic rings. The maximum atomic E-state index is 13.2. The first-order chi connectivity index (χ1) is 13.7. The third kappa shape index (κ3) is 3.50. The molecular formula is C22H24N4O2. The van der Waals surface area contributed by atoms with Gasteiger partial charge in [0.05, 0.1) is 5.52 Å². The fourth-order valence-electron chi connectivity index (χ4n) is 3.83. The van der Waals surface area contributed by atoms with E-state index >= 15 is 0 Å². The molecular weight excluding hydrogens is 352 g/mol. The summed E-state index contributed by atoms with van der Waals surface area (Å²) in [6, 6.07) is 17.6. The Balaban J connectivity index is 1.57. The molecule has 6 nitrogen and oxygen atoms in total. The number of aromatic nitrogens is 2. The Bertz CT molecular complexity index is 982. The van der Waals surface area contributed by atoms with E-state index in [2.05, 4.69) is 17.1 Å². The Hall–Kier alpha value is -3.15. The second-order valence-corrected chi connectivity index (χ2v) is 7.19. The van der Waals surface area contributed by atoms with Gasteiger partial charge < -0.3 is 9.80 Å². The number of para-hydroxylation sites is 1. The molecule has 6 heteroatoms. The van der Waals surface area contributed by atoms with Crippen LogP contribution in [0, 0.1) is 0 Å². The lowest BCUT2D eigenvalue weighted by Gasteiger charge is -2.31. The van der Waals surface area contributed by atoms with E-state index in [4.69, 9.17) is 0 Å². The highest BCUT2D eigenvalue weighted by Crippen LogP contribution is 2.21. The monoisotopic (exact) mass is 376 g/mol. The predicted octanol–water partition coefficient (Wildman–Crippen LogP) is 3.22. The highest BCUT2D eigenvalue weighted by molar-refractivity contribution is 6.04. The van der Waals surface area contributed by atoms with E-state index in [9.17, 15) is 9.59 Å². The maximum absolute atomic E-state index is 13.2. The first-order valence-electron chi connectivity index (χ1n) is 9.73. The zero-order chi connectivity index (χ0) is 19.5. The number of nitrogens with one attached hydrogen (secondary N) is 1. The molecule has 144 valence electrons. The van der Waals surface area contributed by atoms with Crippen LogP contribution in [0.3, 0.4) is 0 Å². The van der Waals surface area contributed by atoms with Gasteiger partial charge >= 0.3 is 0 Å². The molecule has 1 atom stereocenters. The van der Waals surface area contributed by atoms with Crippen LogP contribution < -0.4 is 0 Å². The van der Waals surface area contributed by atoms with Gasteiger partial charge in [0, 0.05) is 37.5 Å². The van der Waals surface area contributed by atoms with Crippen LogP contribution in [-0.4, -0.2) is 50.9 Å². The van der Waals surface area contributed by atoms with Gasteiger partial charge in [-0.25, -0.2) is 0 Å². The van der Waals surface area contributed by atoms with Crippen LogP contribution in [0.2, 0.25) is 0 Å². The van der Waals surface area contributed by atoms with Gasteiger partial charge in [0.1, 0.15) is 0 Å². The fraction of sp³-hybridized carbons (Fsp3) is 0.318. The highest BCUT2D eigenvalue weighted by Gasteiger charge is 2.32. The van der Waals surface area contributed by atoms with Crippen LogP contribution in [0.1, 0.15) is 35.8 Å². The summed E-state index contributed by atoms with van der Waals surface area (Å²) in [5.41, 5.74) is 2.37. The van der Waals surface area contributed by atoms with Crippen LogP contribution >= 0.6 is 0 Å². The summed E-state index contributed by atoms with van der Waals surface area (Å²) in [5, 5.41) is 7.98. The van der Waals surface area contributed by atoms with Crippen molar-refractivity contribution in [2.45, 2.75) is 32.4 Å². The summed E-state index contributed by atoms with van der Waals surface area (Å²) in [6.07, 6.45) is 1.13.